The lowest BCUT2D eigenvalue weighted by atomic mass is 9.95. The summed E-state index contributed by atoms with van der Waals surface area (Å²) >= 11 is 0. The Hall–Kier alpha value is -1.06. The van der Waals surface area contributed by atoms with Crippen molar-refractivity contribution >= 4 is 11.9 Å². The minimum atomic E-state index is -1.03. The second-order valence-electron chi connectivity index (χ2n) is 6.06. The minimum Gasteiger partial charge on any atom is -0.480 e. The highest BCUT2D eigenvalue weighted by Gasteiger charge is 2.58. The number of nitrogens with one attached hydrogen (secondary N) is 1. The molecule has 0 aromatic heterocycles. The van der Waals surface area contributed by atoms with Crippen LogP contribution in [0.4, 0.5) is 0 Å². The van der Waals surface area contributed by atoms with Crippen molar-refractivity contribution in [1.82, 2.24) is 5.32 Å². The van der Waals surface area contributed by atoms with E-state index in [1.807, 2.05) is 0 Å². The maximum absolute atomic E-state index is 12.1. The molecule has 3 aliphatic rings. The number of carboxylic acids is 1. The van der Waals surface area contributed by atoms with Gasteiger partial charge in [-0.05, 0) is 50.4 Å². The summed E-state index contributed by atoms with van der Waals surface area (Å²) < 4.78 is 0. The summed E-state index contributed by atoms with van der Waals surface area (Å²) in [5.41, 5.74) is -1.03. The summed E-state index contributed by atoms with van der Waals surface area (Å²) in [7, 11) is 0. The molecule has 1 unspecified atom stereocenters. The molecule has 4 atom stereocenters. The average Bonchev–Trinajstić information content (AvgIpc) is 3.17. The van der Waals surface area contributed by atoms with Gasteiger partial charge in [0.05, 0.1) is 0 Å². The first-order chi connectivity index (χ1) is 8.04. The van der Waals surface area contributed by atoms with E-state index in [0.29, 0.717) is 11.8 Å². The lowest BCUT2D eigenvalue weighted by Gasteiger charge is -2.26. The van der Waals surface area contributed by atoms with E-state index in [2.05, 4.69) is 5.32 Å². The van der Waals surface area contributed by atoms with E-state index >= 15 is 0 Å². The Bertz CT molecular complexity index is 367. The number of hydrogen-bond acceptors (Lipinski definition) is 2. The predicted molar refractivity (Wildman–Crippen MR) is 61.2 cm³/mol. The average molecular weight is 237 g/mol. The Morgan fingerprint density at radius 1 is 1.18 bits per heavy atom. The van der Waals surface area contributed by atoms with Gasteiger partial charge >= 0.3 is 5.97 Å². The number of rotatable bonds is 4. The molecule has 0 heterocycles. The normalized spacial score (nSPS) is 38.1. The molecule has 0 bridgehead atoms. The van der Waals surface area contributed by atoms with Gasteiger partial charge in [0.2, 0.25) is 5.91 Å². The fraction of sp³-hybridized carbons (Fsp3) is 0.846. The Kier molecular flexibility index (Phi) is 2.25. The molecule has 0 radical (unpaired) electrons. The molecule has 3 saturated carbocycles. The Morgan fingerprint density at radius 3 is 2.24 bits per heavy atom. The number of carbonyl (C=O) groups excluding carboxylic acids is 1. The highest BCUT2D eigenvalue weighted by molar-refractivity contribution is 5.90. The Morgan fingerprint density at radius 2 is 1.76 bits per heavy atom. The molecule has 0 aliphatic heterocycles. The van der Waals surface area contributed by atoms with Crippen molar-refractivity contribution in [2.24, 2.45) is 23.7 Å². The third kappa shape index (κ3) is 1.65. The lowest BCUT2D eigenvalue weighted by molar-refractivity contribution is -0.148. The van der Waals surface area contributed by atoms with Crippen LogP contribution in [0.5, 0.6) is 0 Å². The summed E-state index contributed by atoms with van der Waals surface area (Å²) in [5.74, 6) is 0.430. The summed E-state index contributed by atoms with van der Waals surface area (Å²) in [6.07, 6.45) is 5.37. The van der Waals surface area contributed by atoms with E-state index in [-0.39, 0.29) is 17.7 Å². The molecule has 0 aromatic carbocycles. The van der Waals surface area contributed by atoms with Crippen molar-refractivity contribution in [3.63, 3.8) is 0 Å². The van der Waals surface area contributed by atoms with Gasteiger partial charge in [0.1, 0.15) is 5.54 Å². The van der Waals surface area contributed by atoms with Crippen molar-refractivity contribution in [2.45, 2.75) is 44.6 Å². The molecule has 4 heteroatoms. The highest BCUT2D eigenvalue weighted by Crippen LogP contribution is 2.57. The van der Waals surface area contributed by atoms with Gasteiger partial charge in [-0.1, -0.05) is 6.42 Å². The molecule has 17 heavy (non-hydrogen) atoms. The number of amides is 1. The smallest absolute Gasteiger partial charge is 0.329 e. The molecule has 94 valence electrons. The molecule has 0 spiro atoms. The van der Waals surface area contributed by atoms with Gasteiger partial charge < -0.3 is 10.4 Å². The van der Waals surface area contributed by atoms with Crippen molar-refractivity contribution in [1.29, 1.82) is 0 Å². The van der Waals surface area contributed by atoms with Crippen LogP contribution in [0.1, 0.15) is 39.0 Å². The maximum Gasteiger partial charge on any atom is 0.329 e. The molecule has 3 aliphatic carbocycles. The third-order valence-corrected chi connectivity index (χ3v) is 4.93. The number of carboxylic acid groups (broad SMARTS) is 1. The number of aliphatic carboxylic acids is 1. The SMILES string of the molecule is C[C@@](NC(=O)C1[C@H]2CCC[C@@H]12)(C(=O)O)C1CC1. The lowest BCUT2D eigenvalue weighted by Crippen LogP contribution is -2.54. The van der Waals surface area contributed by atoms with E-state index in [1.165, 1.54) is 6.42 Å². The largest absolute Gasteiger partial charge is 0.480 e. The van der Waals surface area contributed by atoms with Gasteiger partial charge in [0.15, 0.2) is 0 Å². The van der Waals surface area contributed by atoms with Crippen LogP contribution in [0.15, 0.2) is 0 Å². The second kappa shape index (κ2) is 3.47. The van der Waals surface area contributed by atoms with Crippen LogP contribution in [-0.2, 0) is 9.59 Å². The van der Waals surface area contributed by atoms with E-state index in [0.717, 1.165) is 25.7 Å². The van der Waals surface area contributed by atoms with Crippen LogP contribution in [0.25, 0.3) is 0 Å². The van der Waals surface area contributed by atoms with Gasteiger partial charge in [-0.25, -0.2) is 4.79 Å². The van der Waals surface area contributed by atoms with Gasteiger partial charge in [-0.2, -0.15) is 0 Å². The van der Waals surface area contributed by atoms with Crippen molar-refractivity contribution < 1.29 is 14.7 Å². The molecule has 3 rings (SSSR count). The van der Waals surface area contributed by atoms with E-state index in [4.69, 9.17) is 0 Å². The van der Waals surface area contributed by atoms with E-state index in [1.54, 1.807) is 6.92 Å². The summed E-state index contributed by atoms with van der Waals surface area (Å²) in [4.78, 5) is 23.4. The molecule has 1 amide bonds. The zero-order valence-electron chi connectivity index (χ0n) is 10.1. The maximum atomic E-state index is 12.1. The first kappa shape index (κ1) is 11.1. The Labute approximate surface area is 101 Å². The standard InChI is InChI=1S/C13H19NO3/c1-13(12(16)17,7-5-6-7)14-11(15)10-8-3-2-4-9(8)10/h7-10H,2-6H2,1H3,(H,14,15)(H,16,17)/t8-,9+,10?,13-/m0/s1. The molecule has 4 nitrogen and oxygen atoms in total. The molecule has 2 N–H and O–H groups in total. The highest BCUT2D eigenvalue weighted by atomic mass is 16.4. The summed E-state index contributed by atoms with van der Waals surface area (Å²) in [6, 6.07) is 0. The zero-order chi connectivity index (χ0) is 12.2. The van der Waals surface area contributed by atoms with Crippen LogP contribution >= 0.6 is 0 Å². The van der Waals surface area contributed by atoms with Crippen molar-refractivity contribution in [3.8, 4) is 0 Å². The van der Waals surface area contributed by atoms with E-state index < -0.39 is 11.5 Å². The van der Waals surface area contributed by atoms with Crippen LogP contribution in [0.3, 0.4) is 0 Å². The molecular weight excluding hydrogens is 218 g/mol. The first-order valence-electron chi connectivity index (χ1n) is 6.59. The molecule has 0 aromatic rings. The van der Waals surface area contributed by atoms with Crippen molar-refractivity contribution in [2.75, 3.05) is 0 Å². The summed E-state index contributed by atoms with van der Waals surface area (Å²) in [6.45, 7) is 1.66. The summed E-state index contributed by atoms with van der Waals surface area (Å²) in [5, 5.41) is 12.1. The fourth-order valence-electron chi connectivity index (χ4n) is 3.54. The first-order valence-corrected chi connectivity index (χ1v) is 6.59. The fourth-order valence-corrected chi connectivity index (χ4v) is 3.54. The number of hydrogen-bond donors (Lipinski definition) is 2. The van der Waals surface area contributed by atoms with Crippen LogP contribution in [-0.4, -0.2) is 22.5 Å². The molecule has 0 saturated heterocycles. The van der Waals surface area contributed by atoms with Gasteiger partial charge in [0.25, 0.3) is 0 Å². The minimum absolute atomic E-state index is 0.0171. The molecular formula is C13H19NO3. The van der Waals surface area contributed by atoms with Crippen LogP contribution in [0.2, 0.25) is 0 Å². The number of carbonyl (C=O) groups is 2. The topological polar surface area (TPSA) is 66.4 Å². The van der Waals surface area contributed by atoms with Crippen molar-refractivity contribution in [3.05, 3.63) is 0 Å². The van der Waals surface area contributed by atoms with Crippen LogP contribution < -0.4 is 5.32 Å². The Balaban J connectivity index is 1.65. The van der Waals surface area contributed by atoms with Gasteiger partial charge in [0, 0.05) is 5.92 Å². The molecule has 3 fully saturated rings. The third-order valence-electron chi connectivity index (χ3n) is 4.93. The van der Waals surface area contributed by atoms with Crippen LogP contribution in [0, 0.1) is 23.7 Å². The zero-order valence-corrected chi connectivity index (χ0v) is 10.1. The monoisotopic (exact) mass is 237 g/mol. The predicted octanol–water partition coefficient (Wildman–Crippen LogP) is 1.40. The van der Waals surface area contributed by atoms with Gasteiger partial charge in [-0.15, -0.1) is 0 Å². The quantitative estimate of drug-likeness (QED) is 0.776. The van der Waals surface area contributed by atoms with Gasteiger partial charge in [-0.3, -0.25) is 4.79 Å². The second-order valence-corrected chi connectivity index (χ2v) is 6.06. The number of fused-ring (bicyclic) bond motifs is 1. The van der Waals surface area contributed by atoms with E-state index in [9.17, 15) is 14.7 Å².